The Hall–Kier alpha value is -4.29. The lowest BCUT2D eigenvalue weighted by Gasteiger charge is -2.36. The van der Waals surface area contributed by atoms with E-state index in [-0.39, 0.29) is 11.7 Å². The molecule has 0 radical (unpaired) electrons. The summed E-state index contributed by atoms with van der Waals surface area (Å²) in [7, 11) is -3.38. The fourth-order valence-electron chi connectivity index (χ4n) is 5.16. The molecule has 1 aliphatic heterocycles. The van der Waals surface area contributed by atoms with Gasteiger partial charge in [-0.25, -0.2) is 8.42 Å². The van der Waals surface area contributed by atoms with Crippen LogP contribution < -0.4 is 9.62 Å². The zero-order valence-electron chi connectivity index (χ0n) is 22.1. The normalized spacial score (nSPS) is 13.9. The van der Waals surface area contributed by atoms with Gasteiger partial charge < -0.3 is 14.4 Å². The fourth-order valence-corrected chi connectivity index (χ4v) is 5.80. The molecule has 8 nitrogen and oxygen atoms in total. The molecule has 4 aromatic rings. The number of hydrogen-bond acceptors (Lipinski definition) is 5. The topological polar surface area (TPSA) is 98.4 Å². The molecule has 3 aromatic carbocycles. The minimum Gasteiger partial charge on any atom is -0.368 e. The molecule has 200 valence electrons. The summed E-state index contributed by atoms with van der Waals surface area (Å²) >= 11 is 0. The summed E-state index contributed by atoms with van der Waals surface area (Å²) in [5.41, 5.74) is 5.15. The lowest BCUT2D eigenvalue weighted by atomic mass is 10.0. The zero-order valence-corrected chi connectivity index (χ0v) is 22.9. The van der Waals surface area contributed by atoms with Crippen molar-refractivity contribution in [1.29, 1.82) is 5.26 Å². The molecule has 0 aliphatic carbocycles. The summed E-state index contributed by atoms with van der Waals surface area (Å²) in [5.74, 6) is -0.0256. The molecule has 0 unspecified atom stereocenters. The van der Waals surface area contributed by atoms with Crippen molar-refractivity contribution in [1.82, 2.24) is 9.47 Å². The van der Waals surface area contributed by atoms with Gasteiger partial charge in [-0.15, -0.1) is 0 Å². The summed E-state index contributed by atoms with van der Waals surface area (Å²) in [6.45, 7) is 7.02. The Bertz CT molecular complexity index is 1650. The number of hydrogen-bond donors (Lipinski definition) is 1. The minimum atomic E-state index is -3.38. The predicted octanol–water partition coefficient (Wildman–Crippen LogP) is 4.92. The molecular weight excluding hydrogens is 510 g/mol. The summed E-state index contributed by atoms with van der Waals surface area (Å²) in [5, 5.41) is 10.9. The molecule has 1 amide bonds. The number of sulfonamides is 1. The number of benzene rings is 3. The molecule has 1 saturated heterocycles. The van der Waals surface area contributed by atoms with Gasteiger partial charge in [0, 0.05) is 55.0 Å². The molecule has 1 aliphatic rings. The van der Waals surface area contributed by atoms with Crippen molar-refractivity contribution in [3.63, 3.8) is 0 Å². The maximum Gasteiger partial charge on any atom is 0.254 e. The molecule has 0 spiro atoms. The molecule has 39 heavy (non-hydrogen) atoms. The van der Waals surface area contributed by atoms with E-state index in [0.29, 0.717) is 36.4 Å². The van der Waals surface area contributed by atoms with Crippen LogP contribution in [0.4, 0.5) is 11.4 Å². The van der Waals surface area contributed by atoms with Crippen LogP contribution in [0.25, 0.3) is 22.2 Å². The highest BCUT2D eigenvalue weighted by Gasteiger charge is 2.24. The van der Waals surface area contributed by atoms with Crippen LogP contribution in [0.1, 0.15) is 29.8 Å². The first kappa shape index (κ1) is 26.3. The Labute approximate surface area is 229 Å². The SMILES string of the molecule is CCn1c(-c2ccc(NS(=O)(=O)CC)cc2)c(C#N)c2ccc(C(=O)N3CCN(c4ccccc4)CC3)cc21. The number of nitrogens with one attached hydrogen (secondary N) is 1. The number of aromatic nitrogens is 1. The van der Waals surface area contributed by atoms with E-state index < -0.39 is 10.0 Å². The number of carbonyl (C=O) groups excluding carboxylic acids is 1. The van der Waals surface area contributed by atoms with Crippen LogP contribution in [-0.2, 0) is 16.6 Å². The van der Waals surface area contributed by atoms with E-state index in [1.807, 2.05) is 64.9 Å². The van der Waals surface area contributed by atoms with Gasteiger partial charge in [0.15, 0.2) is 0 Å². The number of aryl methyl sites for hydroxylation is 1. The number of piperazine rings is 1. The van der Waals surface area contributed by atoms with Crippen LogP contribution in [0.15, 0.2) is 72.8 Å². The van der Waals surface area contributed by atoms with Crippen LogP contribution in [0, 0.1) is 11.3 Å². The van der Waals surface area contributed by atoms with Gasteiger partial charge in [-0.1, -0.05) is 36.4 Å². The molecule has 1 fully saturated rings. The molecule has 9 heteroatoms. The third kappa shape index (κ3) is 5.20. The van der Waals surface area contributed by atoms with Crippen molar-refractivity contribution < 1.29 is 13.2 Å². The maximum absolute atomic E-state index is 13.5. The second-order valence-corrected chi connectivity index (χ2v) is 11.5. The molecular formula is C30H31N5O3S. The van der Waals surface area contributed by atoms with Crippen LogP contribution in [0.2, 0.25) is 0 Å². The largest absolute Gasteiger partial charge is 0.368 e. The third-order valence-corrected chi connectivity index (χ3v) is 8.55. The number of nitriles is 1. The first-order valence-corrected chi connectivity index (χ1v) is 14.8. The summed E-state index contributed by atoms with van der Waals surface area (Å²) in [4.78, 5) is 17.7. The minimum absolute atomic E-state index is 0.0127. The first-order chi connectivity index (χ1) is 18.8. The highest BCUT2D eigenvalue weighted by Crippen LogP contribution is 2.35. The molecule has 5 rings (SSSR count). The van der Waals surface area contributed by atoms with E-state index in [2.05, 4.69) is 27.8 Å². The molecule has 1 aromatic heterocycles. The van der Waals surface area contributed by atoms with Crippen molar-refractivity contribution in [3.8, 4) is 17.3 Å². The standard InChI is InChI=1S/C30H31N5O3S/c1-3-35-28-20-23(30(36)34-18-16-33(17-19-34)25-8-6-5-7-9-25)12-15-26(28)27(21-31)29(35)22-10-13-24(14-11-22)32-39(37,38)4-2/h5-15,20,32H,3-4,16-19H2,1-2H3. The second-order valence-electron chi connectivity index (χ2n) is 9.51. The van der Waals surface area contributed by atoms with E-state index in [1.54, 1.807) is 19.1 Å². The Kier molecular flexibility index (Phi) is 7.31. The van der Waals surface area contributed by atoms with Gasteiger partial charge in [-0.05, 0) is 55.8 Å². The van der Waals surface area contributed by atoms with Crippen molar-refractivity contribution in [3.05, 3.63) is 83.9 Å². The zero-order chi connectivity index (χ0) is 27.6. The van der Waals surface area contributed by atoms with Gasteiger partial charge in [-0.3, -0.25) is 9.52 Å². The van der Waals surface area contributed by atoms with Gasteiger partial charge in [0.25, 0.3) is 5.91 Å². The Morgan fingerprint density at radius 3 is 2.26 bits per heavy atom. The number of rotatable bonds is 7. The number of amides is 1. The molecule has 2 heterocycles. The van der Waals surface area contributed by atoms with E-state index in [1.165, 1.54) is 5.69 Å². The lowest BCUT2D eigenvalue weighted by Crippen LogP contribution is -2.48. The Morgan fingerprint density at radius 1 is 0.949 bits per heavy atom. The van der Waals surface area contributed by atoms with Crippen molar-refractivity contribution in [2.24, 2.45) is 0 Å². The highest BCUT2D eigenvalue weighted by atomic mass is 32.2. The number of para-hydroxylation sites is 1. The Balaban J connectivity index is 1.43. The Morgan fingerprint density at radius 2 is 1.64 bits per heavy atom. The number of nitrogens with zero attached hydrogens (tertiary/aromatic N) is 4. The van der Waals surface area contributed by atoms with Crippen LogP contribution in [-0.4, -0.2) is 55.7 Å². The predicted molar refractivity (Wildman–Crippen MR) is 155 cm³/mol. The number of fused-ring (bicyclic) bond motifs is 1. The first-order valence-electron chi connectivity index (χ1n) is 13.1. The van der Waals surface area contributed by atoms with Crippen molar-refractivity contribution in [2.45, 2.75) is 20.4 Å². The van der Waals surface area contributed by atoms with Gasteiger partial charge in [0.05, 0.1) is 22.5 Å². The van der Waals surface area contributed by atoms with Crippen molar-refractivity contribution >= 4 is 38.2 Å². The van der Waals surface area contributed by atoms with E-state index in [4.69, 9.17) is 0 Å². The van der Waals surface area contributed by atoms with E-state index >= 15 is 0 Å². The van der Waals surface area contributed by atoms with E-state index in [0.717, 1.165) is 35.2 Å². The van der Waals surface area contributed by atoms with Crippen LogP contribution >= 0.6 is 0 Å². The molecule has 1 N–H and O–H groups in total. The highest BCUT2D eigenvalue weighted by molar-refractivity contribution is 7.92. The van der Waals surface area contributed by atoms with Gasteiger partial charge in [-0.2, -0.15) is 5.26 Å². The van der Waals surface area contributed by atoms with Crippen LogP contribution in [0.5, 0.6) is 0 Å². The third-order valence-electron chi connectivity index (χ3n) is 7.24. The summed E-state index contributed by atoms with van der Waals surface area (Å²) in [6, 6.07) is 25.2. The van der Waals surface area contributed by atoms with Gasteiger partial charge >= 0.3 is 0 Å². The van der Waals surface area contributed by atoms with Gasteiger partial charge in [0.2, 0.25) is 10.0 Å². The van der Waals surface area contributed by atoms with Gasteiger partial charge in [0.1, 0.15) is 6.07 Å². The molecule has 0 saturated carbocycles. The average Bonchev–Trinajstić information content (AvgIpc) is 3.30. The quantitative estimate of drug-likeness (QED) is 0.358. The second kappa shape index (κ2) is 10.8. The summed E-state index contributed by atoms with van der Waals surface area (Å²) in [6.07, 6.45) is 0. The smallest absolute Gasteiger partial charge is 0.254 e. The van der Waals surface area contributed by atoms with Crippen LogP contribution in [0.3, 0.4) is 0 Å². The van der Waals surface area contributed by atoms with Crippen molar-refractivity contribution in [2.75, 3.05) is 41.6 Å². The monoisotopic (exact) mass is 541 g/mol. The average molecular weight is 542 g/mol. The maximum atomic E-state index is 13.5. The van der Waals surface area contributed by atoms with E-state index in [9.17, 15) is 18.5 Å². The number of carbonyl (C=O) groups is 1. The summed E-state index contributed by atoms with van der Waals surface area (Å²) < 4.78 is 28.5. The fraction of sp³-hybridized carbons (Fsp3) is 0.267. The molecule has 0 bridgehead atoms. The molecule has 0 atom stereocenters. The number of anilines is 2. The lowest BCUT2D eigenvalue weighted by molar-refractivity contribution is 0.0747.